The highest BCUT2D eigenvalue weighted by Crippen LogP contribution is 2.18. The van der Waals surface area contributed by atoms with Crippen molar-refractivity contribution in [2.45, 2.75) is 19.9 Å². The van der Waals surface area contributed by atoms with Crippen LogP contribution in [0.1, 0.15) is 18.9 Å². The van der Waals surface area contributed by atoms with Gasteiger partial charge in [-0.2, -0.15) is 0 Å². The summed E-state index contributed by atoms with van der Waals surface area (Å²) in [5.74, 6) is 0.199. The van der Waals surface area contributed by atoms with E-state index in [-0.39, 0.29) is 18.3 Å². The third kappa shape index (κ3) is 4.90. The van der Waals surface area contributed by atoms with Gasteiger partial charge in [-0.25, -0.2) is 9.18 Å². The van der Waals surface area contributed by atoms with Gasteiger partial charge in [0.05, 0.1) is 13.2 Å². The Hall–Kier alpha value is -1.82. The molecule has 2 rings (SSSR count). The van der Waals surface area contributed by atoms with Crippen LogP contribution >= 0.6 is 0 Å². The van der Waals surface area contributed by atoms with E-state index in [2.05, 4.69) is 10.6 Å². The summed E-state index contributed by atoms with van der Waals surface area (Å²) >= 11 is 0. The molecule has 1 aromatic carbocycles. The van der Waals surface area contributed by atoms with E-state index in [0.29, 0.717) is 31.2 Å². The van der Waals surface area contributed by atoms with Crippen molar-refractivity contribution in [1.29, 1.82) is 0 Å². The van der Waals surface area contributed by atoms with Crippen molar-refractivity contribution in [2.24, 2.45) is 5.92 Å². The summed E-state index contributed by atoms with van der Waals surface area (Å²) in [6, 6.07) is 4.43. The van der Waals surface area contributed by atoms with E-state index in [1.807, 2.05) is 0 Å². The van der Waals surface area contributed by atoms with Gasteiger partial charge in [0.2, 0.25) is 0 Å². The molecule has 1 fully saturated rings. The number of carbonyl (C=O) groups excluding carboxylic acids is 1. The van der Waals surface area contributed by atoms with E-state index in [1.165, 1.54) is 6.07 Å². The van der Waals surface area contributed by atoms with Gasteiger partial charge in [0.25, 0.3) is 0 Å². The zero-order chi connectivity index (χ0) is 15.1. The molecule has 2 amide bonds. The van der Waals surface area contributed by atoms with Crippen LogP contribution < -0.4 is 15.4 Å². The van der Waals surface area contributed by atoms with Gasteiger partial charge in [-0.05, 0) is 31.0 Å². The Morgan fingerprint density at radius 2 is 2.33 bits per heavy atom. The van der Waals surface area contributed by atoms with Crippen LogP contribution in [0.15, 0.2) is 18.2 Å². The van der Waals surface area contributed by atoms with Crippen molar-refractivity contribution in [3.05, 3.63) is 29.6 Å². The summed E-state index contributed by atoms with van der Waals surface area (Å²) in [6.45, 7) is 4.56. The molecule has 0 aliphatic carbocycles. The molecule has 0 bridgehead atoms. The van der Waals surface area contributed by atoms with Crippen molar-refractivity contribution >= 4 is 6.03 Å². The number of hydrogen-bond donors (Lipinski definition) is 2. The smallest absolute Gasteiger partial charge is 0.315 e. The minimum atomic E-state index is -0.417. The molecule has 116 valence electrons. The predicted octanol–water partition coefficient (Wildman–Crippen LogP) is 2.06. The Bertz CT molecular complexity index is 476. The first-order valence-electron chi connectivity index (χ1n) is 7.19. The molecule has 1 aromatic rings. The van der Waals surface area contributed by atoms with Gasteiger partial charge in [-0.15, -0.1) is 0 Å². The number of urea groups is 1. The van der Waals surface area contributed by atoms with E-state index in [1.54, 1.807) is 19.1 Å². The number of rotatable bonds is 6. The molecule has 0 radical (unpaired) electrons. The fourth-order valence-corrected chi connectivity index (χ4v) is 2.15. The average molecular weight is 296 g/mol. The lowest BCUT2D eigenvalue weighted by Crippen LogP contribution is -2.38. The summed E-state index contributed by atoms with van der Waals surface area (Å²) in [5, 5.41) is 5.50. The standard InChI is InChI=1S/C15H21FN2O3/c1-2-21-14-4-3-11(7-13(14)16)8-17-15(19)18-9-12-5-6-20-10-12/h3-4,7,12H,2,5-6,8-10H2,1H3,(H2,17,18,19)/t12-/m1/s1. The van der Waals surface area contributed by atoms with E-state index in [4.69, 9.17) is 9.47 Å². The molecule has 1 atom stereocenters. The molecule has 6 heteroatoms. The Labute approximate surface area is 123 Å². The van der Waals surface area contributed by atoms with Crippen LogP contribution in [0.25, 0.3) is 0 Å². The number of hydrogen-bond acceptors (Lipinski definition) is 3. The molecule has 5 nitrogen and oxygen atoms in total. The Kier molecular flexibility index (Phi) is 5.80. The second-order valence-electron chi connectivity index (χ2n) is 4.99. The van der Waals surface area contributed by atoms with E-state index < -0.39 is 5.82 Å². The summed E-state index contributed by atoms with van der Waals surface area (Å²) in [4.78, 5) is 11.6. The summed E-state index contributed by atoms with van der Waals surface area (Å²) in [5.41, 5.74) is 0.690. The van der Waals surface area contributed by atoms with Gasteiger partial charge >= 0.3 is 6.03 Å². The minimum Gasteiger partial charge on any atom is -0.491 e. The molecule has 1 heterocycles. The normalized spacial score (nSPS) is 17.5. The molecule has 0 aromatic heterocycles. The number of halogens is 1. The van der Waals surface area contributed by atoms with Crippen LogP contribution in [-0.4, -0.2) is 32.4 Å². The first-order chi connectivity index (χ1) is 10.2. The molecule has 2 N–H and O–H groups in total. The maximum absolute atomic E-state index is 13.6. The highest BCUT2D eigenvalue weighted by molar-refractivity contribution is 5.73. The lowest BCUT2D eigenvalue weighted by Gasteiger charge is -2.11. The van der Waals surface area contributed by atoms with E-state index in [0.717, 1.165) is 13.0 Å². The maximum Gasteiger partial charge on any atom is 0.315 e. The number of nitrogens with one attached hydrogen (secondary N) is 2. The molecular weight excluding hydrogens is 275 g/mol. The number of benzene rings is 1. The van der Waals surface area contributed by atoms with Gasteiger partial charge in [-0.1, -0.05) is 6.07 Å². The third-order valence-corrected chi connectivity index (χ3v) is 3.32. The molecular formula is C15H21FN2O3. The van der Waals surface area contributed by atoms with Crippen LogP contribution in [0.3, 0.4) is 0 Å². The van der Waals surface area contributed by atoms with Gasteiger partial charge in [0.15, 0.2) is 11.6 Å². The lowest BCUT2D eigenvalue weighted by molar-refractivity contribution is 0.185. The number of ether oxygens (including phenoxy) is 2. The quantitative estimate of drug-likeness (QED) is 0.845. The molecule has 1 saturated heterocycles. The predicted molar refractivity (Wildman–Crippen MR) is 76.7 cm³/mol. The van der Waals surface area contributed by atoms with Crippen LogP contribution in [0.5, 0.6) is 5.75 Å². The maximum atomic E-state index is 13.6. The topological polar surface area (TPSA) is 59.6 Å². The minimum absolute atomic E-state index is 0.229. The van der Waals surface area contributed by atoms with E-state index >= 15 is 0 Å². The Morgan fingerprint density at radius 3 is 3.00 bits per heavy atom. The van der Waals surface area contributed by atoms with Crippen LogP contribution in [-0.2, 0) is 11.3 Å². The number of carbonyl (C=O) groups is 1. The molecule has 21 heavy (non-hydrogen) atoms. The van der Waals surface area contributed by atoms with Gasteiger partial charge in [-0.3, -0.25) is 0 Å². The second kappa shape index (κ2) is 7.83. The van der Waals surface area contributed by atoms with Gasteiger partial charge in [0.1, 0.15) is 0 Å². The monoisotopic (exact) mass is 296 g/mol. The van der Waals surface area contributed by atoms with Crippen LogP contribution in [0, 0.1) is 11.7 Å². The SMILES string of the molecule is CCOc1ccc(CNC(=O)NC[C@H]2CCOC2)cc1F. The zero-order valence-electron chi connectivity index (χ0n) is 12.2. The first-order valence-corrected chi connectivity index (χ1v) is 7.19. The second-order valence-corrected chi connectivity index (χ2v) is 4.99. The summed E-state index contributed by atoms with van der Waals surface area (Å²) < 4.78 is 24.0. The fourth-order valence-electron chi connectivity index (χ4n) is 2.15. The van der Waals surface area contributed by atoms with Gasteiger partial charge < -0.3 is 20.1 Å². The summed E-state index contributed by atoms with van der Waals surface area (Å²) in [6.07, 6.45) is 0.977. The van der Waals surface area contributed by atoms with Gasteiger partial charge in [0, 0.05) is 25.6 Å². The fraction of sp³-hybridized carbons (Fsp3) is 0.533. The molecule has 0 saturated carbocycles. The van der Waals surface area contributed by atoms with Crippen molar-refractivity contribution in [2.75, 3.05) is 26.4 Å². The van der Waals surface area contributed by atoms with Crippen molar-refractivity contribution < 1.29 is 18.7 Å². The molecule has 0 spiro atoms. The lowest BCUT2D eigenvalue weighted by atomic mass is 10.1. The molecule has 0 unspecified atom stereocenters. The highest BCUT2D eigenvalue weighted by Gasteiger charge is 2.16. The number of amides is 2. The summed E-state index contributed by atoms with van der Waals surface area (Å²) in [7, 11) is 0. The zero-order valence-corrected chi connectivity index (χ0v) is 12.2. The van der Waals surface area contributed by atoms with Crippen molar-refractivity contribution in [3.8, 4) is 5.75 Å². The third-order valence-electron chi connectivity index (χ3n) is 3.32. The largest absolute Gasteiger partial charge is 0.491 e. The van der Waals surface area contributed by atoms with Crippen molar-refractivity contribution in [1.82, 2.24) is 10.6 Å². The van der Waals surface area contributed by atoms with E-state index in [9.17, 15) is 9.18 Å². The molecule has 1 aliphatic rings. The van der Waals surface area contributed by atoms with Crippen molar-refractivity contribution in [3.63, 3.8) is 0 Å². The Morgan fingerprint density at radius 1 is 1.48 bits per heavy atom. The van der Waals surface area contributed by atoms with Crippen LogP contribution in [0.2, 0.25) is 0 Å². The first kappa shape index (κ1) is 15.6. The highest BCUT2D eigenvalue weighted by atomic mass is 19.1. The molecule has 1 aliphatic heterocycles. The van der Waals surface area contributed by atoms with Crippen LogP contribution in [0.4, 0.5) is 9.18 Å². The average Bonchev–Trinajstić information content (AvgIpc) is 2.99. The Balaban J connectivity index is 1.74.